The van der Waals surface area contributed by atoms with Crippen molar-refractivity contribution in [2.45, 2.75) is 84.0 Å². The zero-order chi connectivity index (χ0) is 14.7. The van der Waals surface area contributed by atoms with Crippen molar-refractivity contribution >= 4 is 12.6 Å². The van der Waals surface area contributed by atoms with Gasteiger partial charge in [-0.25, -0.2) is 0 Å². The molecule has 0 aliphatic carbocycles. The van der Waals surface area contributed by atoms with Crippen LogP contribution in [-0.2, 0) is 4.74 Å². The smallest absolute Gasteiger partial charge is 0.0828 e. The van der Waals surface area contributed by atoms with Crippen molar-refractivity contribution in [3.8, 4) is 0 Å². The van der Waals surface area contributed by atoms with Gasteiger partial charge in [0.1, 0.15) is 0 Å². The average Bonchev–Trinajstić information content (AvgIpc) is 2.27. The van der Waals surface area contributed by atoms with Crippen molar-refractivity contribution in [2.24, 2.45) is 17.8 Å². The molecule has 19 heavy (non-hydrogen) atoms. The molecule has 4 unspecified atom stereocenters. The van der Waals surface area contributed by atoms with Crippen molar-refractivity contribution in [3.63, 3.8) is 0 Å². The third-order valence-corrected chi connectivity index (χ3v) is 5.42. The van der Waals surface area contributed by atoms with Crippen LogP contribution in [0.15, 0.2) is 0 Å². The second-order valence-electron chi connectivity index (χ2n) is 7.53. The van der Waals surface area contributed by atoms with Gasteiger partial charge in [0.05, 0.1) is 5.60 Å². The summed E-state index contributed by atoms with van der Waals surface area (Å²) >= 11 is 5.10. The van der Waals surface area contributed by atoms with Crippen LogP contribution in [0, 0.1) is 17.8 Å². The fourth-order valence-corrected chi connectivity index (χ4v) is 4.14. The zero-order valence-electron chi connectivity index (χ0n) is 13.8. The summed E-state index contributed by atoms with van der Waals surface area (Å²) in [5.41, 5.74) is -0.0363. The quantitative estimate of drug-likeness (QED) is 0.648. The molecule has 1 saturated heterocycles. The summed E-state index contributed by atoms with van der Waals surface area (Å²) in [5, 5.41) is 0. The fraction of sp³-hybridized carbons (Fsp3) is 1.00. The van der Waals surface area contributed by atoms with E-state index in [1.54, 1.807) is 0 Å². The fourth-order valence-electron chi connectivity index (χ4n) is 3.59. The molecule has 1 fully saturated rings. The van der Waals surface area contributed by atoms with Crippen molar-refractivity contribution in [1.29, 1.82) is 0 Å². The molecule has 1 nitrogen and oxygen atoms in total. The van der Waals surface area contributed by atoms with Crippen LogP contribution in [0.2, 0.25) is 0 Å². The van der Waals surface area contributed by atoms with Crippen molar-refractivity contribution in [2.75, 3.05) is 6.61 Å². The molecule has 0 bridgehead atoms. The molecule has 114 valence electrons. The molecule has 4 atom stereocenters. The van der Waals surface area contributed by atoms with Crippen LogP contribution in [0.5, 0.6) is 0 Å². The molecule has 0 saturated carbocycles. The van der Waals surface area contributed by atoms with Gasteiger partial charge in [-0.05, 0) is 50.4 Å². The highest BCUT2D eigenvalue weighted by Gasteiger charge is 2.49. The van der Waals surface area contributed by atoms with E-state index in [0.717, 1.165) is 25.4 Å². The Labute approximate surface area is 126 Å². The molecule has 0 N–H and O–H groups in total. The van der Waals surface area contributed by atoms with E-state index < -0.39 is 0 Å². The summed E-state index contributed by atoms with van der Waals surface area (Å²) < 4.78 is 6.35. The van der Waals surface area contributed by atoms with E-state index in [4.69, 9.17) is 17.4 Å². The van der Waals surface area contributed by atoms with E-state index in [1.807, 2.05) is 0 Å². The number of ether oxygens (including phenoxy) is 1. The molecule has 0 aromatic heterocycles. The van der Waals surface area contributed by atoms with Gasteiger partial charge in [-0.2, -0.15) is 12.6 Å². The Bertz CT molecular complexity index is 270. The summed E-state index contributed by atoms with van der Waals surface area (Å²) in [5.74, 6) is 2.14. The van der Waals surface area contributed by atoms with Crippen LogP contribution >= 0.6 is 12.6 Å². The van der Waals surface area contributed by atoms with Crippen LogP contribution in [0.25, 0.3) is 0 Å². The minimum atomic E-state index is -0.0363. The van der Waals surface area contributed by atoms with Crippen LogP contribution in [0.3, 0.4) is 0 Å². The predicted octanol–water partition coefficient (Wildman–Crippen LogP) is 5.34. The third kappa shape index (κ3) is 4.39. The van der Waals surface area contributed by atoms with Crippen LogP contribution in [-0.4, -0.2) is 17.0 Å². The van der Waals surface area contributed by atoms with Gasteiger partial charge in [0.2, 0.25) is 0 Å². The summed E-state index contributed by atoms with van der Waals surface area (Å²) in [4.78, 5) is 0. The van der Waals surface area contributed by atoms with Gasteiger partial charge in [-0.1, -0.05) is 41.0 Å². The molecule has 1 aliphatic rings. The lowest BCUT2D eigenvalue weighted by Gasteiger charge is -2.51. The first-order valence-corrected chi connectivity index (χ1v) is 8.53. The molecule has 0 spiro atoms. The topological polar surface area (TPSA) is 9.23 Å². The van der Waals surface area contributed by atoms with Crippen molar-refractivity contribution in [1.82, 2.24) is 0 Å². The Balaban J connectivity index is 2.94. The number of hydrogen-bond donors (Lipinski definition) is 1. The van der Waals surface area contributed by atoms with Gasteiger partial charge in [-0.3, -0.25) is 0 Å². The van der Waals surface area contributed by atoms with Gasteiger partial charge < -0.3 is 4.74 Å². The SMILES string of the molecule is CCC(C)CC(C)(S)C1(CC(C)C)CC(C)CCO1. The highest BCUT2D eigenvalue weighted by atomic mass is 32.1. The minimum absolute atomic E-state index is 0.0264. The second kappa shape index (κ2) is 6.85. The van der Waals surface area contributed by atoms with Crippen molar-refractivity contribution in [3.05, 3.63) is 0 Å². The standard InChI is InChI=1S/C17H34OS/c1-7-14(4)11-16(6,19)17(10-13(2)3)12-15(5)8-9-18-17/h13-15,19H,7-12H2,1-6H3. The Hall–Kier alpha value is 0.310. The average molecular weight is 287 g/mol. The first kappa shape index (κ1) is 17.4. The zero-order valence-corrected chi connectivity index (χ0v) is 14.7. The lowest BCUT2D eigenvalue weighted by Crippen LogP contribution is -2.55. The maximum atomic E-state index is 6.38. The molecule has 0 aromatic carbocycles. The lowest BCUT2D eigenvalue weighted by atomic mass is 9.70. The normalized spacial score (nSPS) is 33.2. The highest BCUT2D eigenvalue weighted by molar-refractivity contribution is 7.81. The summed E-state index contributed by atoms with van der Waals surface area (Å²) in [6.07, 6.45) is 5.87. The van der Waals surface area contributed by atoms with Gasteiger partial charge in [0.25, 0.3) is 0 Å². The number of rotatable bonds is 6. The molecule has 0 amide bonds. The monoisotopic (exact) mass is 286 g/mol. The second-order valence-corrected chi connectivity index (χ2v) is 8.52. The molecule has 0 aromatic rings. The Morgan fingerprint density at radius 3 is 2.47 bits per heavy atom. The van der Waals surface area contributed by atoms with Gasteiger partial charge in [0, 0.05) is 11.4 Å². The summed E-state index contributed by atoms with van der Waals surface area (Å²) in [6.45, 7) is 14.8. The lowest BCUT2D eigenvalue weighted by molar-refractivity contribution is -0.129. The Morgan fingerprint density at radius 2 is 2.00 bits per heavy atom. The Kier molecular flexibility index (Phi) is 6.26. The molecule has 1 heterocycles. The van der Waals surface area contributed by atoms with Crippen LogP contribution < -0.4 is 0 Å². The molecular weight excluding hydrogens is 252 g/mol. The highest BCUT2D eigenvalue weighted by Crippen LogP contribution is 2.48. The summed E-state index contributed by atoms with van der Waals surface area (Å²) in [6, 6.07) is 0. The van der Waals surface area contributed by atoms with E-state index in [9.17, 15) is 0 Å². The molecule has 1 aliphatic heterocycles. The van der Waals surface area contributed by atoms with Crippen molar-refractivity contribution < 1.29 is 4.74 Å². The third-order valence-electron chi connectivity index (χ3n) is 4.83. The van der Waals surface area contributed by atoms with Crippen LogP contribution in [0.4, 0.5) is 0 Å². The van der Waals surface area contributed by atoms with E-state index in [0.29, 0.717) is 11.8 Å². The first-order chi connectivity index (χ1) is 8.72. The van der Waals surface area contributed by atoms with E-state index in [1.165, 1.54) is 19.3 Å². The minimum Gasteiger partial charge on any atom is -0.374 e. The summed E-state index contributed by atoms with van der Waals surface area (Å²) in [7, 11) is 0. The predicted molar refractivity (Wildman–Crippen MR) is 88.0 cm³/mol. The van der Waals surface area contributed by atoms with Gasteiger partial charge >= 0.3 is 0 Å². The maximum Gasteiger partial charge on any atom is 0.0828 e. The first-order valence-electron chi connectivity index (χ1n) is 8.08. The van der Waals surface area contributed by atoms with Crippen LogP contribution in [0.1, 0.15) is 73.6 Å². The number of thiol groups is 1. The molecule has 1 rings (SSSR count). The van der Waals surface area contributed by atoms with Gasteiger partial charge in [-0.15, -0.1) is 0 Å². The Morgan fingerprint density at radius 1 is 1.37 bits per heavy atom. The molecule has 0 radical (unpaired) electrons. The van der Waals surface area contributed by atoms with E-state index in [-0.39, 0.29) is 10.3 Å². The van der Waals surface area contributed by atoms with E-state index >= 15 is 0 Å². The van der Waals surface area contributed by atoms with E-state index in [2.05, 4.69) is 41.5 Å². The number of hydrogen-bond acceptors (Lipinski definition) is 2. The molecular formula is C17H34OS. The maximum absolute atomic E-state index is 6.38. The largest absolute Gasteiger partial charge is 0.374 e. The molecule has 2 heteroatoms. The van der Waals surface area contributed by atoms with Gasteiger partial charge in [0.15, 0.2) is 0 Å².